The van der Waals surface area contributed by atoms with Crippen molar-refractivity contribution in [2.75, 3.05) is 0 Å². The molecule has 3 aliphatic rings. The molecule has 2 heteroatoms. The van der Waals surface area contributed by atoms with Crippen LogP contribution in [0.1, 0.15) is 108 Å². The van der Waals surface area contributed by atoms with Crippen LogP contribution in [-0.2, 0) is 0 Å². The average Bonchev–Trinajstić information content (AvgIpc) is 2.81. The first-order valence-electron chi connectivity index (χ1n) is 13.2. The third kappa shape index (κ3) is 6.20. The summed E-state index contributed by atoms with van der Waals surface area (Å²) in [5.41, 5.74) is 1.00. The molecular formula is C29H42F2. The van der Waals surface area contributed by atoms with Crippen molar-refractivity contribution in [2.24, 2.45) is 29.6 Å². The van der Waals surface area contributed by atoms with E-state index in [2.05, 4.69) is 19.1 Å². The van der Waals surface area contributed by atoms with Crippen molar-refractivity contribution in [2.45, 2.75) is 103 Å². The molecule has 0 amide bonds. The highest BCUT2D eigenvalue weighted by Gasteiger charge is 2.32. The molecule has 0 bridgehead atoms. The average molecular weight is 429 g/mol. The SMILES string of the molecule is C/C=C/[C@H]1CC[C@H](CC[C@H]2CC[C@H]([C@H]3CC[C@H](c4ccc(F)c(F)c4)CC3)CC2)CC1. The van der Waals surface area contributed by atoms with Gasteiger partial charge in [0.1, 0.15) is 0 Å². The first kappa shape index (κ1) is 23.0. The Balaban J connectivity index is 1.14. The van der Waals surface area contributed by atoms with E-state index in [9.17, 15) is 8.78 Å². The Hall–Kier alpha value is -1.18. The molecule has 0 nitrogen and oxygen atoms in total. The van der Waals surface area contributed by atoms with E-state index in [1.165, 1.54) is 89.2 Å². The highest BCUT2D eigenvalue weighted by atomic mass is 19.2. The van der Waals surface area contributed by atoms with Gasteiger partial charge in [-0.25, -0.2) is 8.78 Å². The molecule has 0 spiro atoms. The largest absolute Gasteiger partial charge is 0.204 e. The summed E-state index contributed by atoms with van der Waals surface area (Å²) in [6, 6.07) is 4.52. The van der Waals surface area contributed by atoms with E-state index < -0.39 is 11.6 Å². The molecule has 1 aromatic rings. The summed E-state index contributed by atoms with van der Waals surface area (Å²) in [5, 5.41) is 0. The van der Waals surface area contributed by atoms with E-state index in [4.69, 9.17) is 0 Å². The summed E-state index contributed by atoms with van der Waals surface area (Å²) < 4.78 is 26.8. The Morgan fingerprint density at radius 2 is 1.26 bits per heavy atom. The second-order valence-electron chi connectivity index (χ2n) is 10.9. The number of hydrogen-bond acceptors (Lipinski definition) is 0. The van der Waals surface area contributed by atoms with Gasteiger partial charge in [0.05, 0.1) is 0 Å². The van der Waals surface area contributed by atoms with Gasteiger partial charge in [0, 0.05) is 0 Å². The molecule has 172 valence electrons. The second-order valence-corrected chi connectivity index (χ2v) is 10.9. The molecule has 3 aliphatic carbocycles. The minimum absolute atomic E-state index is 0.422. The predicted molar refractivity (Wildman–Crippen MR) is 126 cm³/mol. The zero-order chi connectivity index (χ0) is 21.6. The van der Waals surface area contributed by atoms with E-state index in [1.807, 2.05) is 0 Å². The van der Waals surface area contributed by atoms with Crippen molar-refractivity contribution in [1.82, 2.24) is 0 Å². The van der Waals surface area contributed by atoms with Crippen LogP contribution in [0.5, 0.6) is 0 Å². The lowest BCUT2D eigenvalue weighted by molar-refractivity contribution is 0.151. The van der Waals surface area contributed by atoms with Crippen LogP contribution in [0, 0.1) is 41.2 Å². The molecule has 0 N–H and O–H groups in total. The van der Waals surface area contributed by atoms with E-state index in [-0.39, 0.29) is 0 Å². The quantitative estimate of drug-likeness (QED) is 0.396. The zero-order valence-corrected chi connectivity index (χ0v) is 19.5. The Labute approximate surface area is 188 Å². The fraction of sp³-hybridized carbons (Fsp3) is 0.724. The summed E-state index contributed by atoms with van der Waals surface area (Å²) in [6.45, 7) is 2.15. The van der Waals surface area contributed by atoms with Crippen LogP contribution in [0.3, 0.4) is 0 Å². The van der Waals surface area contributed by atoms with Gasteiger partial charge in [-0.2, -0.15) is 0 Å². The van der Waals surface area contributed by atoms with Crippen molar-refractivity contribution in [1.29, 1.82) is 0 Å². The maximum Gasteiger partial charge on any atom is 0.159 e. The Bertz CT molecular complexity index is 699. The third-order valence-electron chi connectivity index (χ3n) is 9.08. The van der Waals surface area contributed by atoms with Gasteiger partial charge in [-0.1, -0.05) is 43.9 Å². The molecule has 0 unspecified atom stereocenters. The Morgan fingerprint density at radius 3 is 1.81 bits per heavy atom. The fourth-order valence-corrected chi connectivity index (χ4v) is 7.05. The Morgan fingerprint density at radius 1 is 0.710 bits per heavy atom. The minimum atomic E-state index is -0.726. The molecule has 0 heterocycles. The topological polar surface area (TPSA) is 0 Å². The van der Waals surface area contributed by atoms with Crippen molar-refractivity contribution in [3.8, 4) is 0 Å². The van der Waals surface area contributed by atoms with E-state index in [0.717, 1.165) is 48.0 Å². The highest BCUT2D eigenvalue weighted by Crippen LogP contribution is 2.45. The molecule has 0 aliphatic heterocycles. The lowest BCUT2D eigenvalue weighted by Crippen LogP contribution is -2.25. The molecule has 31 heavy (non-hydrogen) atoms. The summed E-state index contributed by atoms with van der Waals surface area (Å²) >= 11 is 0. The lowest BCUT2D eigenvalue weighted by atomic mass is 9.67. The molecular weight excluding hydrogens is 386 g/mol. The lowest BCUT2D eigenvalue weighted by Gasteiger charge is -2.38. The summed E-state index contributed by atoms with van der Waals surface area (Å²) in [6.07, 6.45) is 23.9. The van der Waals surface area contributed by atoms with Gasteiger partial charge in [0.2, 0.25) is 0 Å². The van der Waals surface area contributed by atoms with E-state index in [0.29, 0.717) is 5.92 Å². The van der Waals surface area contributed by atoms with Crippen molar-refractivity contribution >= 4 is 0 Å². The molecule has 0 atom stereocenters. The van der Waals surface area contributed by atoms with Gasteiger partial charge in [-0.05, 0) is 124 Å². The number of rotatable bonds is 6. The fourth-order valence-electron chi connectivity index (χ4n) is 7.05. The number of benzene rings is 1. The standard InChI is InChI=1S/C29H42F2/c1-2-3-21-4-6-22(7-5-21)8-9-23-10-12-24(13-11-23)25-14-16-26(17-15-25)27-18-19-28(30)29(31)20-27/h2-3,18-26H,4-17H2,1H3/b3-2+/t21-,22-,23-,24-,25-,26-. The first-order chi connectivity index (χ1) is 15.1. The van der Waals surface area contributed by atoms with Crippen LogP contribution in [0.25, 0.3) is 0 Å². The molecule has 0 saturated heterocycles. The van der Waals surface area contributed by atoms with Crippen LogP contribution in [0.4, 0.5) is 8.78 Å². The van der Waals surface area contributed by atoms with E-state index >= 15 is 0 Å². The maximum absolute atomic E-state index is 13.6. The van der Waals surface area contributed by atoms with Crippen molar-refractivity contribution in [3.05, 3.63) is 47.5 Å². The van der Waals surface area contributed by atoms with Gasteiger partial charge >= 0.3 is 0 Å². The molecule has 1 aromatic carbocycles. The van der Waals surface area contributed by atoms with Crippen LogP contribution < -0.4 is 0 Å². The first-order valence-corrected chi connectivity index (χ1v) is 13.2. The Kier molecular flexibility index (Phi) is 8.24. The number of halogens is 2. The van der Waals surface area contributed by atoms with Crippen LogP contribution in [-0.4, -0.2) is 0 Å². The molecule has 4 rings (SSSR count). The van der Waals surface area contributed by atoms with Gasteiger partial charge in [0.25, 0.3) is 0 Å². The second kappa shape index (κ2) is 11.1. The van der Waals surface area contributed by atoms with Gasteiger partial charge < -0.3 is 0 Å². The number of allylic oxidation sites excluding steroid dienone is 2. The predicted octanol–water partition coefficient (Wildman–Crippen LogP) is 9.21. The zero-order valence-electron chi connectivity index (χ0n) is 19.5. The molecule has 3 saturated carbocycles. The number of hydrogen-bond donors (Lipinski definition) is 0. The monoisotopic (exact) mass is 428 g/mol. The smallest absolute Gasteiger partial charge is 0.159 e. The van der Waals surface area contributed by atoms with Crippen LogP contribution in [0.2, 0.25) is 0 Å². The van der Waals surface area contributed by atoms with E-state index in [1.54, 1.807) is 6.07 Å². The highest BCUT2D eigenvalue weighted by molar-refractivity contribution is 5.22. The summed E-state index contributed by atoms with van der Waals surface area (Å²) in [5.74, 6) is 3.61. The molecule has 3 fully saturated rings. The van der Waals surface area contributed by atoms with Crippen LogP contribution >= 0.6 is 0 Å². The molecule has 0 aromatic heterocycles. The maximum atomic E-state index is 13.6. The molecule has 0 radical (unpaired) electrons. The van der Waals surface area contributed by atoms with Gasteiger partial charge in [-0.15, -0.1) is 0 Å². The van der Waals surface area contributed by atoms with Gasteiger partial charge in [0.15, 0.2) is 11.6 Å². The normalized spacial score (nSPS) is 34.8. The summed E-state index contributed by atoms with van der Waals surface area (Å²) in [4.78, 5) is 0. The third-order valence-corrected chi connectivity index (χ3v) is 9.08. The summed E-state index contributed by atoms with van der Waals surface area (Å²) in [7, 11) is 0. The van der Waals surface area contributed by atoms with Crippen molar-refractivity contribution in [3.63, 3.8) is 0 Å². The van der Waals surface area contributed by atoms with Crippen molar-refractivity contribution < 1.29 is 8.78 Å². The van der Waals surface area contributed by atoms with Crippen LogP contribution in [0.15, 0.2) is 30.4 Å². The van der Waals surface area contributed by atoms with Gasteiger partial charge in [-0.3, -0.25) is 0 Å². The minimum Gasteiger partial charge on any atom is -0.204 e.